The Morgan fingerprint density at radius 3 is 2.41 bits per heavy atom. The molecule has 2 aliphatic rings. The summed E-state index contributed by atoms with van der Waals surface area (Å²) in [6.07, 6.45) is 2.22. The number of urea groups is 1. The predicted octanol–water partition coefficient (Wildman–Crippen LogP) is 3.09. The van der Waals surface area contributed by atoms with Crippen LogP contribution in [0.1, 0.15) is 24.0 Å². The molecule has 2 aliphatic heterocycles. The van der Waals surface area contributed by atoms with Crippen molar-refractivity contribution in [1.82, 2.24) is 14.7 Å². The number of benzene rings is 1. The van der Waals surface area contributed by atoms with Gasteiger partial charge < -0.3 is 14.2 Å². The molecule has 0 bridgehead atoms. The van der Waals surface area contributed by atoms with E-state index >= 15 is 0 Å². The van der Waals surface area contributed by atoms with E-state index in [-0.39, 0.29) is 11.7 Å². The van der Waals surface area contributed by atoms with E-state index in [1.165, 1.54) is 0 Å². The van der Waals surface area contributed by atoms with Crippen LogP contribution in [0.5, 0.6) is 0 Å². The molecule has 1 aromatic carbocycles. The molecule has 1 aromatic heterocycles. The van der Waals surface area contributed by atoms with Gasteiger partial charge in [0.15, 0.2) is 0 Å². The fourth-order valence-electron chi connectivity index (χ4n) is 3.93. The maximum atomic E-state index is 12.5. The minimum atomic E-state index is -0.345. The van der Waals surface area contributed by atoms with Gasteiger partial charge in [0.2, 0.25) is 0 Å². The third-order valence-electron chi connectivity index (χ3n) is 5.52. The predicted molar refractivity (Wildman–Crippen MR) is 105 cm³/mol. The number of carbonyl (C=O) groups is 1. The molecule has 2 fully saturated rings. The zero-order valence-corrected chi connectivity index (χ0v) is 16.3. The van der Waals surface area contributed by atoms with Gasteiger partial charge in [0.05, 0.1) is 0 Å². The molecular formula is C20H24ClN3O3. The Labute approximate surface area is 163 Å². The first-order valence-corrected chi connectivity index (χ1v) is 9.88. The first kappa shape index (κ1) is 18.3. The molecular weight excluding hydrogens is 366 g/mol. The maximum absolute atomic E-state index is 12.5. The average molecular weight is 390 g/mol. The lowest BCUT2D eigenvalue weighted by Gasteiger charge is -2.36. The summed E-state index contributed by atoms with van der Waals surface area (Å²) in [4.78, 5) is 30.6. The zero-order chi connectivity index (χ0) is 19.0. The summed E-state index contributed by atoms with van der Waals surface area (Å²) in [5.74, 6) is 0. The minimum absolute atomic E-state index is 0.167. The molecule has 0 aliphatic carbocycles. The summed E-state index contributed by atoms with van der Waals surface area (Å²) < 4.78 is 5.34. The van der Waals surface area contributed by atoms with E-state index in [2.05, 4.69) is 4.90 Å². The number of fused-ring (bicyclic) bond motifs is 1. The second-order valence-corrected chi connectivity index (χ2v) is 7.84. The van der Waals surface area contributed by atoms with Crippen LogP contribution in [0.25, 0.3) is 11.0 Å². The van der Waals surface area contributed by atoms with Gasteiger partial charge in [0.1, 0.15) is 5.58 Å². The van der Waals surface area contributed by atoms with E-state index in [1.54, 1.807) is 6.07 Å². The van der Waals surface area contributed by atoms with Crippen LogP contribution in [0.4, 0.5) is 4.79 Å². The summed E-state index contributed by atoms with van der Waals surface area (Å²) >= 11 is 6.28. The summed E-state index contributed by atoms with van der Waals surface area (Å²) in [6.45, 7) is 7.32. The van der Waals surface area contributed by atoms with E-state index < -0.39 is 0 Å². The van der Waals surface area contributed by atoms with E-state index in [0.29, 0.717) is 30.2 Å². The standard InChI is InChI=1S/C20H24ClN3O3/c1-14-10-18-16(12-17(14)21)15(11-19(25)27-18)13-22-6-8-24(9-7-22)20(26)23-4-2-3-5-23/h10-12H,2-9,13H2,1H3. The van der Waals surface area contributed by atoms with Crippen LogP contribution in [0.2, 0.25) is 5.02 Å². The van der Waals surface area contributed by atoms with Gasteiger partial charge in [0, 0.05) is 62.3 Å². The summed E-state index contributed by atoms with van der Waals surface area (Å²) in [5.41, 5.74) is 2.03. The van der Waals surface area contributed by atoms with Crippen LogP contribution in [-0.4, -0.2) is 60.0 Å². The van der Waals surface area contributed by atoms with Gasteiger partial charge in [-0.25, -0.2) is 9.59 Å². The number of likely N-dealkylation sites (tertiary alicyclic amines) is 1. The lowest BCUT2D eigenvalue weighted by atomic mass is 10.1. The molecule has 0 N–H and O–H groups in total. The normalized spacial score (nSPS) is 18.4. The number of hydrogen-bond donors (Lipinski definition) is 0. The molecule has 27 heavy (non-hydrogen) atoms. The quantitative estimate of drug-likeness (QED) is 0.740. The van der Waals surface area contributed by atoms with Gasteiger partial charge >= 0.3 is 11.7 Å². The second-order valence-electron chi connectivity index (χ2n) is 7.43. The van der Waals surface area contributed by atoms with Crippen molar-refractivity contribution in [3.05, 3.63) is 44.8 Å². The molecule has 0 saturated carbocycles. The Hall–Kier alpha value is -2.05. The first-order valence-electron chi connectivity index (χ1n) is 9.50. The zero-order valence-electron chi connectivity index (χ0n) is 15.5. The molecule has 0 atom stereocenters. The Balaban J connectivity index is 1.47. The Morgan fingerprint density at radius 2 is 1.70 bits per heavy atom. The molecule has 4 rings (SSSR count). The van der Waals surface area contributed by atoms with Crippen LogP contribution >= 0.6 is 11.6 Å². The third-order valence-corrected chi connectivity index (χ3v) is 5.93. The summed E-state index contributed by atoms with van der Waals surface area (Å²) in [7, 11) is 0. The van der Waals surface area contributed by atoms with Gasteiger partial charge in [-0.15, -0.1) is 0 Å². The van der Waals surface area contributed by atoms with E-state index in [9.17, 15) is 9.59 Å². The van der Waals surface area contributed by atoms with Gasteiger partial charge in [-0.3, -0.25) is 4.90 Å². The maximum Gasteiger partial charge on any atom is 0.336 e. The highest BCUT2D eigenvalue weighted by Gasteiger charge is 2.27. The van der Waals surface area contributed by atoms with Crippen LogP contribution in [0, 0.1) is 6.92 Å². The van der Waals surface area contributed by atoms with Crippen molar-refractivity contribution < 1.29 is 9.21 Å². The SMILES string of the molecule is Cc1cc2oc(=O)cc(CN3CCN(C(=O)N4CCCC4)CC3)c2cc1Cl. The first-order chi connectivity index (χ1) is 13.0. The van der Waals surface area contributed by atoms with E-state index in [1.807, 2.05) is 28.9 Å². The average Bonchev–Trinajstić information content (AvgIpc) is 3.18. The number of hydrogen-bond acceptors (Lipinski definition) is 4. The fourth-order valence-corrected chi connectivity index (χ4v) is 4.09. The molecule has 3 heterocycles. The summed E-state index contributed by atoms with van der Waals surface area (Å²) in [5, 5.41) is 1.54. The third kappa shape index (κ3) is 3.82. The van der Waals surface area contributed by atoms with Crippen molar-refractivity contribution >= 4 is 28.6 Å². The molecule has 0 unspecified atom stereocenters. The number of aryl methyl sites for hydroxylation is 1. The highest BCUT2D eigenvalue weighted by Crippen LogP contribution is 2.26. The van der Waals surface area contributed by atoms with Gasteiger partial charge in [-0.2, -0.15) is 0 Å². The monoisotopic (exact) mass is 389 g/mol. The van der Waals surface area contributed by atoms with Gasteiger partial charge in [-0.05, 0) is 43.0 Å². The topological polar surface area (TPSA) is 57.0 Å². The van der Waals surface area contributed by atoms with Crippen molar-refractivity contribution in [2.45, 2.75) is 26.3 Å². The van der Waals surface area contributed by atoms with E-state index in [0.717, 1.165) is 55.5 Å². The Bertz CT molecular complexity index is 913. The number of carbonyl (C=O) groups excluding carboxylic acids is 1. The van der Waals surface area contributed by atoms with Crippen LogP contribution in [0.3, 0.4) is 0 Å². The molecule has 7 heteroatoms. The molecule has 0 spiro atoms. The van der Waals surface area contributed by atoms with Crippen molar-refractivity contribution in [2.75, 3.05) is 39.3 Å². The highest BCUT2D eigenvalue weighted by atomic mass is 35.5. The smallest absolute Gasteiger partial charge is 0.336 e. The minimum Gasteiger partial charge on any atom is -0.423 e. The van der Waals surface area contributed by atoms with E-state index in [4.69, 9.17) is 16.0 Å². The number of amides is 2. The molecule has 144 valence electrons. The van der Waals surface area contributed by atoms with Gasteiger partial charge in [-0.1, -0.05) is 11.6 Å². The van der Waals surface area contributed by atoms with Crippen LogP contribution < -0.4 is 5.63 Å². The molecule has 2 saturated heterocycles. The van der Waals surface area contributed by atoms with Crippen molar-refractivity contribution in [3.63, 3.8) is 0 Å². The molecule has 0 radical (unpaired) electrons. The Morgan fingerprint density at radius 1 is 1.04 bits per heavy atom. The lowest BCUT2D eigenvalue weighted by molar-refractivity contribution is 0.115. The van der Waals surface area contributed by atoms with Gasteiger partial charge in [0.25, 0.3) is 0 Å². The van der Waals surface area contributed by atoms with Crippen LogP contribution in [0.15, 0.2) is 27.4 Å². The number of halogens is 1. The number of rotatable bonds is 2. The molecule has 2 amide bonds. The number of nitrogens with zero attached hydrogens (tertiary/aromatic N) is 3. The molecule has 2 aromatic rings. The number of piperazine rings is 1. The second kappa shape index (κ2) is 7.52. The van der Waals surface area contributed by atoms with Crippen molar-refractivity contribution in [2.24, 2.45) is 0 Å². The van der Waals surface area contributed by atoms with Crippen molar-refractivity contribution in [3.8, 4) is 0 Å². The largest absolute Gasteiger partial charge is 0.423 e. The van der Waals surface area contributed by atoms with Crippen LogP contribution in [-0.2, 0) is 6.54 Å². The fraction of sp³-hybridized carbons (Fsp3) is 0.500. The molecule has 6 nitrogen and oxygen atoms in total. The lowest BCUT2D eigenvalue weighted by Crippen LogP contribution is -2.52. The van der Waals surface area contributed by atoms with Crippen molar-refractivity contribution in [1.29, 1.82) is 0 Å². The highest BCUT2D eigenvalue weighted by molar-refractivity contribution is 6.32. The summed E-state index contributed by atoms with van der Waals surface area (Å²) in [6, 6.07) is 5.41. The Kier molecular flexibility index (Phi) is 5.10.